The number of ether oxygens (including phenoxy) is 3. The van der Waals surface area contributed by atoms with Gasteiger partial charge in [0.1, 0.15) is 5.75 Å². The van der Waals surface area contributed by atoms with Crippen LogP contribution in [0.1, 0.15) is 21.5 Å². The number of methoxy groups -OCH3 is 2. The maximum Gasteiger partial charge on any atom is 0.343 e. The molecule has 2 aromatic carbocycles. The second-order valence-electron chi connectivity index (χ2n) is 5.64. The monoisotopic (exact) mass is 361 g/mol. The first-order valence-corrected chi connectivity index (χ1v) is 8.32. The zero-order chi connectivity index (χ0) is 19.1. The van der Waals surface area contributed by atoms with Crippen molar-refractivity contribution in [2.45, 2.75) is 0 Å². The van der Waals surface area contributed by atoms with Crippen LogP contribution in [0, 0.1) is 0 Å². The van der Waals surface area contributed by atoms with E-state index in [1.807, 2.05) is 36.4 Å². The van der Waals surface area contributed by atoms with Crippen molar-refractivity contribution in [2.24, 2.45) is 0 Å². The van der Waals surface area contributed by atoms with Crippen LogP contribution in [0.15, 0.2) is 67.0 Å². The smallest absolute Gasteiger partial charge is 0.343 e. The number of carbonyl (C=O) groups is 1. The Kier molecular flexibility index (Phi) is 5.84. The standard InChI is InChI=1S/C22H19NO4/c1-25-19-8-6-18(7-9-19)22(24)27-20-10-5-17(15-21(20)26-2)4-3-16-11-13-23-14-12-16/h3-15H,1-2H3/b4-3+. The Morgan fingerprint density at radius 1 is 0.815 bits per heavy atom. The molecular weight excluding hydrogens is 342 g/mol. The van der Waals surface area contributed by atoms with Crippen LogP contribution < -0.4 is 14.2 Å². The second kappa shape index (κ2) is 8.67. The van der Waals surface area contributed by atoms with Crippen molar-refractivity contribution >= 4 is 18.1 Å². The normalized spacial score (nSPS) is 10.6. The number of hydrogen-bond acceptors (Lipinski definition) is 5. The van der Waals surface area contributed by atoms with Gasteiger partial charge in [-0.2, -0.15) is 0 Å². The lowest BCUT2D eigenvalue weighted by atomic mass is 10.1. The SMILES string of the molecule is COc1ccc(C(=O)Oc2ccc(/C=C/c3ccncc3)cc2OC)cc1. The average Bonchev–Trinajstić information content (AvgIpc) is 2.73. The molecular formula is C22H19NO4. The van der Waals surface area contributed by atoms with Gasteiger partial charge in [-0.05, 0) is 59.7 Å². The molecule has 0 aliphatic carbocycles. The largest absolute Gasteiger partial charge is 0.497 e. The van der Waals surface area contributed by atoms with E-state index in [9.17, 15) is 4.79 Å². The van der Waals surface area contributed by atoms with E-state index in [0.717, 1.165) is 11.1 Å². The molecule has 1 heterocycles. The number of carbonyl (C=O) groups excluding carboxylic acids is 1. The minimum absolute atomic E-state index is 0.361. The highest BCUT2D eigenvalue weighted by atomic mass is 16.6. The summed E-state index contributed by atoms with van der Waals surface area (Å²) < 4.78 is 15.9. The topological polar surface area (TPSA) is 57.7 Å². The summed E-state index contributed by atoms with van der Waals surface area (Å²) in [6, 6.07) is 15.9. The van der Waals surface area contributed by atoms with Gasteiger partial charge in [0.25, 0.3) is 0 Å². The van der Waals surface area contributed by atoms with Gasteiger partial charge in [-0.1, -0.05) is 18.2 Å². The van der Waals surface area contributed by atoms with Gasteiger partial charge in [0.05, 0.1) is 19.8 Å². The summed E-state index contributed by atoms with van der Waals surface area (Å²) >= 11 is 0. The molecule has 0 atom stereocenters. The van der Waals surface area contributed by atoms with E-state index in [-0.39, 0.29) is 0 Å². The van der Waals surface area contributed by atoms with Crippen molar-refractivity contribution in [2.75, 3.05) is 14.2 Å². The third-order valence-electron chi connectivity index (χ3n) is 3.89. The van der Waals surface area contributed by atoms with Crippen LogP contribution in [0.25, 0.3) is 12.2 Å². The molecule has 3 aromatic rings. The molecule has 136 valence electrons. The van der Waals surface area contributed by atoms with Gasteiger partial charge in [0.2, 0.25) is 0 Å². The molecule has 0 spiro atoms. The lowest BCUT2D eigenvalue weighted by Gasteiger charge is -2.10. The van der Waals surface area contributed by atoms with Gasteiger partial charge in [0.15, 0.2) is 11.5 Å². The van der Waals surface area contributed by atoms with E-state index < -0.39 is 5.97 Å². The van der Waals surface area contributed by atoms with Crippen LogP contribution in [0.5, 0.6) is 17.2 Å². The predicted molar refractivity (Wildman–Crippen MR) is 104 cm³/mol. The maximum atomic E-state index is 12.3. The zero-order valence-electron chi connectivity index (χ0n) is 15.1. The molecule has 0 aliphatic rings. The summed E-state index contributed by atoms with van der Waals surface area (Å²) in [5.74, 6) is 1.05. The molecule has 27 heavy (non-hydrogen) atoms. The van der Waals surface area contributed by atoms with Crippen LogP contribution in [0.4, 0.5) is 0 Å². The van der Waals surface area contributed by atoms with Gasteiger partial charge in [-0.15, -0.1) is 0 Å². The first-order valence-electron chi connectivity index (χ1n) is 8.32. The summed E-state index contributed by atoms with van der Waals surface area (Å²) in [4.78, 5) is 16.3. The molecule has 0 bridgehead atoms. The molecule has 3 rings (SSSR count). The van der Waals surface area contributed by atoms with E-state index in [0.29, 0.717) is 22.8 Å². The van der Waals surface area contributed by atoms with Crippen molar-refractivity contribution in [3.8, 4) is 17.2 Å². The Balaban J connectivity index is 1.75. The van der Waals surface area contributed by atoms with Crippen LogP contribution >= 0.6 is 0 Å². The highest BCUT2D eigenvalue weighted by Gasteiger charge is 2.12. The fourth-order valence-corrected chi connectivity index (χ4v) is 2.43. The number of benzene rings is 2. The van der Waals surface area contributed by atoms with Crippen molar-refractivity contribution in [1.29, 1.82) is 0 Å². The number of aromatic nitrogens is 1. The summed E-state index contributed by atoms with van der Waals surface area (Å²) in [6.45, 7) is 0. The summed E-state index contributed by atoms with van der Waals surface area (Å²) in [7, 11) is 3.11. The molecule has 0 saturated carbocycles. The Morgan fingerprint density at radius 2 is 1.52 bits per heavy atom. The first-order chi connectivity index (χ1) is 13.2. The van der Waals surface area contributed by atoms with Crippen molar-refractivity contribution in [3.63, 3.8) is 0 Å². The highest BCUT2D eigenvalue weighted by molar-refractivity contribution is 5.91. The number of hydrogen-bond donors (Lipinski definition) is 0. The Labute approximate surface area is 157 Å². The molecule has 0 amide bonds. The molecule has 0 saturated heterocycles. The molecule has 0 aliphatic heterocycles. The van der Waals surface area contributed by atoms with Crippen molar-refractivity contribution in [1.82, 2.24) is 4.98 Å². The minimum Gasteiger partial charge on any atom is -0.497 e. The number of pyridine rings is 1. The molecule has 0 fully saturated rings. The lowest BCUT2D eigenvalue weighted by Crippen LogP contribution is -2.09. The molecule has 5 heteroatoms. The van der Waals surface area contributed by atoms with Crippen LogP contribution in [0.3, 0.4) is 0 Å². The molecule has 1 aromatic heterocycles. The summed E-state index contributed by atoms with van der Waals surface area (Å²) in [5.41, 5.74) is 2.39. The molecule has 0 unspecified atom stereocenters. The second-order valence-corrected chi connectivity index (χ2v) is 5.64. The zero-order valence-corrected chi connectivity index (χ0v) is 15.1. The van der Waals surface area contributed by atoms with E-state index in [2.05, 4.69) is 4.98 Å². The lowest BCUT2D eigenvalue weighted by molar-refractivity contribution is 0.0729. The van der Waals surface area contributed by atoms with Crippen molar-refractivity contribution < 1.29 is 19.0 Å². The summed E-state index contributed by atoms with van der Waals surface area (Å²) in [6.07, 6.45) is 7.40. The van der Waals surface area contributed by atoms with Crippen LogP contribution in [0.2, 0.25) is 0 Å². The van der Waals surface area contributed by atoms with Crippen LogP contribution in [-0.2, 0) is 0 Å². The molecule has 0 N–H and O–H groups in total. The first kappa shape index (κ1) is 18.2. The third kappa shape index (κ3) is 4.73. The maximum absolute atomic E-state index is 12.3. The van der Waals surface area contributed by atoms with E-state index in [4.69, 9.17) is 14.2 Å². The van der Waals surface area contributed by atoms with E-state index in [1.165, 1.54) is 7.11 Å². The van der Waals surface area contributed by atoms with E-state index in [1.54, 1.807) is 49.8 Å². The van der Waals surface area contributed by atoms with Gasteiger partial charge in [-0.3, -0.25) is 4.98 Å². The number of esters is 1. The number of nitrogens with zero attached hydrogens (tertiary/aromatic N) is 1. The summed E-state index contributed by atoms with van der Waals surface area (Å²) in [5, 5.41) is 0. The average molecular weight is 361 g/mol. The number of rotatable bonds is 6. The highest BCUT2D eigenvalue weighted by Crippen LogP contribution is 2.29. The fourth-order valence-electron chi connectivity index (χ4n) is 2.43. The Morgan fingerprint density at radius 3 is 2.19 bits per heavy atom. The molecule has 0 radical (unpaired) electrons. The van der Waals surface area contributed by atoms with Gasteiger partial charge in [0, 0.05) is 12.4 Å². The fraction of sp³-hybridized carbons (Fsp3) is 0.0909. The quantitative estimate of drug-likeness (QED) is 0.478. The van der Waals surface area contributed by atoms with E-state index >= 15 is 0 Å². The van der Waals surface area contributed by atoms with Gasteiger partial charge in [-0.25, -0.2) is 4.79 Å². The van der Waals surface area contributed by atoms with Gasteiger partial charge >= 0.3 is 5.97 Å². The van der Waals surface area contributed by atoms with Crippen LogP contribution in [-0.4, -0.2) is 25.2 Å². The predicted octanol–water partition coefficient (Wildman–Crippen LogP) is 4.49. The Hall–Kier alpha value is -3.60. The Bertz CT molecular complexity index is 934. The molecule has 5 nitrogen and oxygen atoms in total. The van der Waals surface area contributed by atoms with Gasteiger partial charge < -0.3 is 14.2 Å². The third-order valence-corrected chi connectivity index (χ3v) is 3.89. The van der Waals surface area contributed by atoms with Crippen molar-refractivity contribution in [3.05, 3.63) is 83.7 Å². The minimum atomic E-state index is -0.462.